The summed E-state index contributed by atoms with van der Waals surface area (Å²) in [6.07, 6.45) is 34.0. The van der Waals surface area contributed by atoms with E-state index in [-0.39, 0.29) is 19.1 Å². The summed E-state index contributed by atoms with van der Waals surface area (Å²) in [6.45, 7) is 4.74. The van der Waals surface area contributed by atoms with Crippen molar-refractivity contribution in [2.75, 3.05) is 40.9 Å². The van der Waals surface area contributed by atoms with Gasteiger partial charge in [0.1, 0.15) is 13.2 Å². The molecule has 50 heavy (non-hydrogen) atoms. The third-order valence-electron chi connectivity index (χ3n) is 9.34. The molecule has 1 aliphatic heterocycles. The van der Waals surface area contributed by atoms with Crippen LogP contribution in [0.4, 0.5) is 0 Å². The highest BCUT2D eigenvalue weighted by Crippen LogP contribution is 2.43. The number of allylic oxidation sites excluding steroid dienone is 2. The van der Waals surface area contributed by atoms with Crippen LogP contribution in [0.15, 0.2) is 24.3 Å². The number of amides is 1. The standard InChI is InChI=1S/C40H77N2O7P/c1-6-8-10-12-14-15-16-17-18-19-21-25-29-37(43)36(35-48-50(45,46)47-34-33-42(3,4)5)41-40(44)32-28-24-20-23-27-31-39-38(49-39)30-26-22-13-11-9-7-2/h22,25-26,29,36-39,43H,6-21,23-24,27-28,30-35H2,1-5H3,(H-,41,44,45,46)/p+1/b26-22-,29-25+/t36-,37+,38?,39?/m0/s1. The van der Waals surface area contributed by atoms with E-state index < -0.39 is 20.0 Å². The summed E-state index contributed by atoms with van der Waals surface area (Å²) < 4.78 is 29.3. The van der Waals surface area contributed by atoms with E-state index >= 15 is 0 Å². The third kappa shape index (κ3) is 28.5. The first-order valence-electron chi connectivity index (χ1n) is 20.3. The van der Waals surface area contributed by atoms with Gasteiger partial charge in [-0.1, -0.05) is 134 Å². The second-order valence-electron chi connectivity index (χ2n) is 15.4. The van der Waals surface area contributed by atoms with Crippen LogP contribution < -0.4 is 5.32 Å². The number of quaternary nitrogens is 1. The lowest BCUT2D eigenvalue weighted by molar-refractivity contribution is -0.870. The minimum atomic E-state index is -4.34. The number of unbranched alkanes of at least 4 members (excludes halogenated alkanes) is 17. The predicted octanol–water partition coefficient (Wildman–Crippen LogP) is 9.56. The highest BCUT2D eigenvalue weighted by Gasteiger charge is 2.36. The number of hydrogen-bond acceptors (Lipinski definition) is 6. The van der Waals surface area contributed by atoms with E-state index in [0.717, 1.165) is 64.2 Å². The van der Waals surface area contributed by atoms with Crippen LogP contribution in [0.5, 0.6) is 0 Å². The van der Waals surface area contributed by atoms with E-state index in [1.807, 2.05) is 27.2 Å². The fraction of sp³-hybridized carbons (Fsp3) is 0.875. The Bertz CT molecular complexity index is 939. The van der Waals surface area contributed by atoms with E-state index in [2.05, 4.69) is 31.3 Å². The molecular formula is C40H78N2O7P+. The summed E-state index contributed by atoms with van der Waals surface area (Å²) in [5, 5.41) is 13.8. The molecule has 10 heteroatoms. The van der Waals surface area contributed by atoms with Crippen LogP contribution in [0.2, 0.25) is 0 Å². The van der Waals surface area contributed by atoms with Crippen molar-refractivity contribution in [3.05, 3.63) is 24.3 Å². The summed E-state index contributed by atoms with van der Waals surface area (Å²) >= 11 is 0. The minimum Gasteiger partial charge on any atom is -0.387 e. The van der Waals surface area contributed by atoms with Crippen LogP contribution in [0, 0.1) is 0 Å². The zero-order valence-electron chi connectivity index (χ0n) is 32.8. The molecule has 5 atom stereocenters. The van der Waals surface area contributed by atoms with Gasteiger partial charge in [0.15, 0.2) is 0 Å². The van der Waals surface area contributed by atoms with E-state index in [1.165, 1.54) is 77.0 Å². The van der Waals surface area contributed by atoms with Crippen molar-refractivity contribution in [3.8, 4) is 0 Å². The Morgan fingerprint density at radius 1 is 0.780 bits per heavy atom. The number of carbonyl (C=O) groups excluding carboxylic acids is 1. The molecule has 0 radical (unpaired) electrons. The van der Waals surface area contributed by atoms with Crippen molar-refractivity contribution in [1.82, 2.24) is 5.32 Å². The second-order valence-corrected chi connectivity index (χ2v) is 16.9. The Morgan fingerprint density at radius 2 is 1.34 bits per heavy atom. The fourth-order valence-corrected chi connectivity index (χ4v) is 6.66. The summed E-state index contributed by atoms with van der Waals surface area (Å²) in [6, 6.07) is -0.855. The molecule has 294 valence electrons. The first-order valence-corrected chi connectivity index (χ1v) is 21.8. The Kier molecular flexibility index (Phi) is 27.6. The van der Waals surface area contributed by atoms with Gasteiger partial charge in [-0.25, -0.2) is 4.57 Å². The smallest absolute Gasteiger partial charge is 0.387 e. The van der Waals surface area contributed by atoms with Crippen molar-refractivity contribution in [2.45, 2.75) is 186 Å². The zero-order valence-corrected chi connectivity index (χ0v) is 33.7. The maximum Gasteiger partial charge on any atom is 0.472 e. The summed E-state index contributed by atoms with van der Waals surface area (Å²) in [4.78, 5) is 23.1. The molecule has 0 aromatic rings. The molecule has 1 saturated heterocycles. The summed E-state index contributed by atoms with van der Waals surface area (Å²) in [5.41, 5.74) is 0. The Balaban J connectivity index is 2.37. The van der Waals surface area contributed by atoms with Gasteiger partial charge in [-0.05, 0) is 44.9 Å². The highest BCUT2D eigenvalue weighted by atomic mass is 31.2. The number of carbonyl (C=O) groups is 1. The number of nitrogens with one attached hydrogen (secondary N) is 1. The monoisotopic (exact) mass is 730 g/mol. The molecule has 0 aromatic heterocycles. The molecule has 0 aliphatic carbocycles. The molecule has 1 amide bonds. The van der Waals surface area contributed by atoms with Crippen LogP contribution in [-0.2, 0) is 23.1 Å². The number of nitrogens with zero attached hydrogens (tertiary/aromatic N) is 1. The molecule has 1 heterocycles. The molecule has 3 unspecified atom stereocenters. The topological polar surface area (TPSA) is 118 Å². The van der Waals surface area contributed by atoms with Crippen LogP contribution in [0.3, 0.4) is 0 Å². The lowest BCUT2D eigenvalue weighted by Gasteiger charge is -2.25. The molecule has 1 aliphatic rings. The van der Waals surface area contributed by atoms with Gasteiger partial charge in [0, 0.05) is 6.42 Å². The molecule has 1 rings (SSSR count). The fourth-order valence-electron chi connectivity index (χ4n) is 5.93. The third-order valence-corrected chi connectivity index (χ3v) is 10.3. The van der Waals surface area contributed by atoms with Crippen LogP contribution >= 0.6 is 7.82 Å². The molecule has 0 spiro atoms. The van der Waals surface area contributed by atoms with Gasteiger partial charge in [0.05, 0.1) is 52.1 Å². The Morgan fingerprint density at radius 3 is 2.00 bits per heavy atom. The second kappa shape index (κ2) is 29.4. The Labute approximate surface area is 307 Å². The SMILES string of the molecule is CCCCC/C=C\CC1OC1CCCCCCCC(=O)N[C@@H](COP(=O)(O)OCC[N+](C)(C)C)[C@H](O)/C=C/CCCCCCCCCCCC. The number of epoxide rings is 1. The maximum absolute atomic E-state index is 12.8. The molecule has 9 nitrogen and oxygen atoms in total. The number of rotatable bonds is 35. The van der Waals surface area contributed by atoms with E-state index in [1.54, 1.807) is 6.08 Å². The highest BCUT2D eigenvalue weighted by molar-refractivity contribution is 7.47. The largest absolute Gasteiger partial charge is 0.472 e. The van der Waals surface area contributed by atoms with Gasteiger partial charge in [-0.3, -0.25) is 13.8 Å². The number of ether oxygens (including phenoxy) is 1. The van der Waals surface area contributed by atoms with Crippen LogP contribution in [-0.4, -0.2) is 85.6 Å². The molecular weight excluding hydrogens is 651 g/mol. The van der Waals surface area contributed by atoms with Crippen molar-refractivity contribution >= 4 is 13.7 Å². The van der Waals surface area contributed by atoms with Crippen molar-refractivity contribution < 1.29 is 37.6 Å². The first kappa shape index (κ1) is 47.0. The lowest BCUT2D eigenvalue weighted by Crippen LogP contribution is -2.45. The minimum absolute atomic E-state index is 0.0560. The number of phosphoric acid groups is 1. The van der Waals surface area contributed by atoms with Gasteiger partial charge in [0.2, 0.25) is 5.91 Å². The number of hydrogen-bond donors (Lipinski definition) is 3. The van der Waals surface area contributed by atoms with E-state index in [9.17, 15) is 19.4 Å². The van der Waals surface area contributed by atoms with Crippen molar-refractivity contribution in [3.63, 3.8) is 0 Å². The molecule has 1 fully saturated rings. The van der Waals surface area contributed by atoms with Crippen LogP contribution in [0.25, 0.3) is 0 Å². The van der Waals surface area contributed by atoms with Gasteiger partial charge in [-0.2, -0.15) is 0 Å². The summed E-state index contributed by atoms with van der Waals surface area (Å²) in [7, 11) is 1.55. The average molecular weight is 730 g/mol. The van der Waals surface area contributed by atoms with Crippen molar-refractivity contribution in [1.29, 1.82) is 0 Å². The number of aliphatic hydroxyl groups is 1. The molecule has 3 N–H and O–H groups in total. The number of aliphatic hydroxyl groups excluding tert-OH is 1. The Hall–Kier alpha value is -1.06. The van der Waals surface area contributed by atoms with Crippen molar-refractivity contribution in [2.24, 2.45) is 0 Å². The maximum atomic E-state index is 12.8. The van der Waals surface area contributed by atoms with Gasteiger partial charge in [0.25, 0.3) is 0 Å². The lowest BCUT2D eigenvalue weighted by atomic mass is 10.0. The average Bonchev–Trinajstić information content (AvgIpc) is 3.81. The van der Waals surface area contributed by atoms with E-state index in [4.69, 9.17) is 13.8 Å². The van der Waals surface area contributed by atoms with Gasteiger partial charge in [-0.15, -0.1) is 0 Å². The van der Waals surface area contributed by atoms with E-state index in [0.29, 0.717) is 29.7 Å². The predicted molar refractivity (Wildman–Crippen MR) is 207 cm³/mol. The molecule has 0 aromatic carbocycles. The first-order chi connectivity index (χ1) is 24.0. The van der Waals surface area contributed by atoms with Crippen LogP contribution in [0.1, 0.15) is 162 Å². The van der Waals surface area contributed by atoms with Gasteiger partial charge >= 0.3 is 7.82 Å². The zero-order chi connectivity index (χ0) is 36.9. The number of phosphoric ester groups is 1. The van der Waals surface area contributed by atoms with Gasteiger partial charge < -0.3 is 24.5 Å². The molecule has 0 saturated carbocycles. The summed E-state index contributed by atoms with van der Waals surface area (Å²) in [5.74, 6) is -0.198. The number of likely N-dealkylation sites (N-methyl/N-ethyl adjacent to an activating group) is 1. The molecule has 0 bridgehead atoms. The normalized spacial score (nSPS) is 18.9. The quantitative estimate of drug-likeness (QED) is 0.0196.